The lowest BCUT2D eigenvalue weighted by Crippen LogP contribution is -2.54. The topological polar surface area (TPSA) is 69.7 Å². The number of carbonyl (C=O) groups is 1. The molecule has 1 aromatic heterocycles. The van der Waals surface area contributed by atoms with Crippen molar-refractivity contribution in [2.24, 2.45) is 0 Å². The Kier molecular flexibility index (Phi) is 7.60. The highest BCUT2D eigenvalue weighted by Crippen LogP contribution is 2.13. The monoisotopic (exact) mass is 433 g/mol. The van der Waals surface area contributed by atoms with Gasteiger partial charge in [0.05, 0.1) is 6.04 Å². The number of nitrogens with zero attached hydrogens (tertiary/aromatic N) is 2. The molecule has 1 N–H and O–H groups in total. The Hall–Kier alpha value is -2.00. The Morgan fingerprint density at radius 3 is 2.52 bits per heavy atom. The number of hydrogen-bond acceptors (Lipinski definition) is 5. The fourth-order valence-electron chi connectivity index (χ4n) is 3.24. The molecule has 1 aliphatic rings. The Morgan fingerprint density at radius 1 is 1.14 bits per heavy atom. The first-order chi connectivity index (χ1) is 14.0. The quantitative estimate of drug-likeness (QED) is 0.694. The first-order valence-corrected chi connectivity index (χ1v) is 12.1. The summed E-state index contributed by atoms with van der Waals surface area (Å²) in [6, 6.07) is 13.2. The average molecular weight is 434 g/mol. The van der Waals surface area contributed by atoms with Crippen LogP contribution in [0.15, 0.2) is 53.3 Å². The predicted molar refractivity (Wildman–Crippen MR) is 118 cm³/mol. The molecule has 29 heavy (non-hydrogen) atoms. The fourth-order valence-corrected chi connectivity index (χ4v) is 5.12. The number of hydrogen-bond donors (Lipinski definition) is 1. The molecule has 0 spiro atoms. The van der Waals surface area contributed by atoms with E-state index in [0.717, 1.165) is 12.0 Å². The van der Waals surface area contributed by atoms with Crippen LogP contribution < -0.4 is 5.32 Å². The van der Waals surface area contributed by atoms with Gasteiger partial charge in [0.25, 0.3) is 0 Å². The Labute approximate surface area is 176 Å². The van der Waals surface area contributed by atoms with E-state index in [4.69, 9.17) is 0 Å². The van der Waals surface area contributed by atoms with E-state index < -0.39 is 10.0 Å². The highest BCUT2D eigenvalue weighted by Gasteiger charge is 2.29. The van der Waals surface area contributed by atoms with Crippen molar-refractivity contribution in [3.05, 3.63) is 63.7 Å². The number of thiophene rings is 1. The van der Waals surface area contributed by atoms with E-state index >= 15 is 0 Å². The highest BCUT2D eigenvalue weighted by atomic mass is 32.2. The second-order valence-electron chi connectivity index (χ2n) is 6.99. The van der Waals surface area contributed by atoms with Crippen LogP contribution in [0.3, 0.4) is 0 Å². The molecule has 0 saturated carbocycles. The van der Waals surface area contributed by atoms with Gasteiger partial charge in [-0.1, -0.05) is 36.4 Å². The SMILES string of the molecule is CC(C(=O)NCCc1cccs1)N1CCN(S(=O)(=O)/C=C/c2ccccc2)CC1. The zero-order valence-corrected chi connectivity index (χ0v) is 18.2. The van der Waals surface area contributed by atoms with E-state index in [1.165, 1.54) is 14.6 Å². The molecule has 1 saturated heterocycles. The minimum atomic E-state index is -3.46. The molecule has 0 aliphatic carbocycles. The van der Waals surface area contributed by atoms with Crippen LogP contribution >= 0.6 is 11.3 Å². The predicted octanol–water partition coefficient (Wildman–Crippen LogP) is 2.41. The minimum absolute atomic E-state index is 0.0122. The fraction of sp³-hybridized carbons (Fsp3) is 0.381. The van der Waals surface area contributed by atoms with Gasteiger partial charge in [-0.15, -0.1) is 11.3 Å². The summed E-state index contributed by atoms with van der Waals surface area (Å²) in [5.41, 5.74) is 0.850. The lowest BCUT2D eigenvalue weighted by molar-refractivity contribution is -0.126. The number of carbonyl (C=O) groups excluding carboxylic acids is 1. The van der Waals surface area contributed by atoms with Crippen LogP contribution in [-0.2, 0) is 21.2 Å². The lowest BCUT2D eigenvalue weighted by atomic mass is 10.2. The number of sulfonamides is 1. The number of nitrogens with one attached hydrogen (secondary N) is 1. The normalized spacial score (nSPS) is 17.4. The minimum Gasteiger partial charge on any atom is -0.354 e. The summed E-state index contributed by atoms with van der Waals surface area (Å²) in [5, 5.41) is 6.27. The van der Waals surface area contributed by atoms with Crippen LogP contribution in [-0.4, -0.2) is 62.3 Å². The molecular formula is C21H27N3O3S2. The van der Waals surface area contributed by atoms with Crippen LogP contribution in [0.4, 0.5) is 0 Å². The van der Waals surface area contributed by atoms with E-state index in [-0.39, 0.29) is 11.9 Å². The zero-order valence-electron chi connectivity index (χ0n) is 16.5. The van der Waals surface area contributed by atoms with E-state index in [1.807, 2.05) is 53.6 Å². The maximum absolute atomic E-state index is 12.6. The Bertz CT molecular complexity index is 904. The summed E-state index contributed by atoms with van der Waals surface area (Å²) in [4.78, 5) is 15.7. The van der Waals surface area contributed by atoms with Gasteiger partial charge in [-0.3, -0.25) is 9.69 Å². The van der Waals surface area contributed by atoms with Crippen molar-refractivity contribution < 1.29 is 13.2 Å². The Balaban J connectivity index is 1.46. The van der Waals surface area contributed by atoms with Gasteiger partial charge in [-0.05, 0) is 36.4 Å². The van der Waals surface area contributed by atoms with Crippen molar-refractivity contribution in [2.75, 3.05) is 32.7 Å². The van der Waals surface area contributed by atoms with Gasteiger partial charge in [0, 0.05) is 43.0 Å². The summed E-state index contributed by atoms with van der Waals surface area (Å²) in [6.45, 7) is 4.33. The van der Waals surface area contributed by atoms with Gasteiger partial charge in [-0.2, -0.15) is 4.31 Å². The van der Waals surface area contributed by atoms with Gasteiger partial charge < -0.3 is 5.32 Å². The van der Waals surface area contributed by atoms with Crippen molar-refractivity contribution in [3.63, 3.8) is 0 Å². The van der Waals surface area contributed by atoms with Gasteiger partial charge in [0.15, 0.2) is 0 Å². The van der Waals surface area contributed by atoms with Crippen LogP contribution in [0, 0.1) is 0 Å². The third-order valence-corrected chi connectivity index (χ3v) is 7.54. The highest BCUT2D eigenvalue weighted by molar-refractivity contribution is 7.92. The summed E-state index contributed by atoms with van der Waals surface area (Å²) in [5.74, 6) is -0.0122. The molecule has 2 heterocycles. The standard InChI is InChI=1S/C21H27N3O3S2/c1-18(21(25)22-11-9-20-8-5-16-28-20)23-12-14-24(15-13-23)29(26,27)17-10-19-6-3-2-4-7-19/h2-8,10,16-18H,9,11-15H2,1H3,(H,22,25)/b17-10+. The lowest BCUT2D eigenvalue weighted by Gasteiger charge is -2.36. The van der Waals surface area contributed by atoms with Crippen molar-refractivity contribution in [2.45, 2.75) is 19.4 Å². The van der Waals surface area contributed by atoms with E-state index in [2.05, 4.69) is 11.4 Å². The molecule has 0 radical (unpaired) electrons. The maximum atomic E-state index is 12.6. The molecular weight excluding hydrogens is 406 g/mol. The molecule has 1 aromatic carbocycles. The first kappa shape index (κ1) is 21.7. The second-order valence-corrected chi connectivity index (χ2v) is 9.84. The average Bonchev–Trinajstić information content (AvgIpc) is 3.26. The van der Waals surface area contributed by atoms with Crippen LogP contribution in [0.5, 0.6) is 0 Å². The molecule has 6 nitrogen and oxygen atoms in total. The summed E-state index contributed by atoms with van der Waals surface area (Å²) < 4.78 is 26.6. The van der Waals surface area contributed by atoms with Gasteiger partial charge in [-0.25, -0.2) is 8.42 Å². The van der Waals surface area contributed by atoms with E-state index in [0.29, 0.717) is 32.7 Å². The van der Waals surface area contributed by atoms with Crippen LogP contribution in [0.2, 0.25) is 0 Å². The molecule has 3 rings (SSSR count). The van der Waals surface area contributed by atoms with Crippen molar-refractivity contribution in [1.82, 2.24) is 14.5 Å². The van der Waals surface area contributed by atoms with Crippen molar-refractivity contribution in [1.29, 1.82) is 0 Å². The number of benzene rings is 1. The molecule has 156 valence electrons. The molecule has 1 unspecified atom stereocenters. The van der Waals surface area contributed by atoms with Crippen molar-refractivity contribution >= 4 is 33.3 Å². The van der Waals surface area contributed by atoms with Gasteiger partial charge in [0.2, 0.25) is 15.9 Å². The summed E-state index contributed by atoms with van der Waals surface area (Å²) >= 11 is 1.69. The second kappa shape index (κ2) is 10.2. The third kappa shape index (κ3) is 6.24. The Morgan fingerprint density at radius 2 is 1.86 bits per heavy atom. The molecule has 1 aliphatic heterocycles. The van der Waals surface area contributed by atoms with E-state index in [9.17, 15) is 13.2 Å². The number of amides is 1. The van der Waals surface area contributed by atoms with Crippen LogP contribution in [0.1, 0.15) is 17.4 Å². The first-order valence-electron chi connectivity index (χ1n) is 9.73. The summed E-state index contributed by atoms with van der Waals surface area (Å²) in [7, 11) is -3.46. The van der Waals surface area contributed by atoms with Crippen LogP contribution in [0.25, 0.3) is 6.08 Å². The molecule has 0 bridgehead atoms. The largest absolute Gasteiger partial charge is 0.354 e. The maximum Gasteiger partial charge on any atom is 0.237 e. The molecule has 8 heteroatoms. The molecule has 1 atom stereocenters. The smallest absolute Gasteiger partial charge is 0.237 e. The zero-order chi connectivity index (χ0) is 20.7. The molecule has 1 amide bonds. The summed E-state index contributed by atoms with van der Waals surface area (Å²) in [6.07, 6.45) is 2.45. The van der Waals surface area contributed by atoms with E-state index in [1.54, 1.807) is 17.4 Å². The third-order valence-electron chi connectivity index (χ3n) is 5.04. The number of piperazine rings is 1. The van der Waals surface area contributed by atoms with Crippen molar-refractivity contribution in [3.8, 4) is 0 Å². The number of rotatable bonds is 8. The van der Waals surface area contributed by atoms with Gasteiger partial charge >= 0.3 is 0 Å². The molecule has 1 fully saturated rings. The molecule has 2 aromatic rings. The van der Waals surface area contributed by atoms with Gasteiger partial charge in [0.1, 0.15) is 0 Å².